The Morgan fingerprint density at radius 2 is 1.35 bits per heavy atom. The zero-order chi connectivity index (χ0) is 14.4. The second kappa shape index (κ2) is 6.90. The Hall–Kier alpha value is -2.09. The minimum atomic E-state index is -0.845. The van der Waals surface area contributed by atoms with E-state index in [4.69, 9.17) is 0 Å². The molecule has 20 heavy (non-hydrogen) atoms. The molecule has 0 heterocycles. The highest BCUT2D eigenvalue weighted by Gasteiger charge is 2.09. The summed E-state index contributed by atoms with van der Waals surface area (Å²) in [6, 6.07) is 15.7. The highest BCUT2D eigenvalue weighted by atomic mass is 16.4. The summed E-state index contributed by atoms with van der Waals surface area (Å²) in [6.07, 6.45) is 3.86. The molecule has 104 valence electrons. The van der Waals surface area contributed by atoms with Crippen molar-refractivity contribution < 1.29 is 9.90 Å². The molecule has 0 aliphatic rings. The Morgan fingerprint density at radius 3 is 1.95 bits per heavy atom. The average Bonchev–Trinajstić information content (AvgIpc) is 2.47. The van der Waals surface area contributed by atoms with Gasteiger partial charge in [-0.3, -0.25) is 0 Å². The van der Waals surface area contributed by atoms with Gasteiger partial charge >= 0.3 is 5.97 Å². The molecule has 0 bridgehead atoms. The molecule has 2 nitrogen and oxygen atoms in total. The molecule has 2 rings (SSSR count). The van der Waals surface area contributed by atoms with E-state index in [-0.39, 0.29) is 0 Å². The number of carbonyl (C=O) groups is 1. The molecule has 2 heteroatoms. The minimum Gasteiger partial charge on any atom is -0.478 e. The molecule has 0 aromatic heterocycles. The van der Waals surface area contributed by atoms with Crippen molar-refractivity contribution in [1.29, 1.82) is 0 Å². The molecule has 2 aromatic rings. The van der Waals surface area contributed by atoms with E-state index in [9.17, 15) is 9.90 Å². The van der Waals surface area contributed by atoms with Crippen LogP contribution in [0, 0.1) is 0 Å². The lowest BCUT2D eigenvalue weighted by Gasteiger charge is -2.10. The van der Waals surface area contributed by atoms with Crippen LogP contribution in [0.25, 0.3) is 0 Å². The van der Waals surface area contributed by atoms with Crippen LogP contribution in [0.5, 0.6) is 0 Å². The third-order valence-corrected chi connectivity index (χ3v) is 3.55. The average molecular weight is 268 g/mol. The smallest absolute Gasteiger partial charge is 0.335 e. The van der Waals surface area contributed by atoms with Gasteiger partial charge < -0.3 is 5.11 Å². The first-order valence-corrected chi connectivity index (χ1v) is 7.10. The maximum Gasteiger partial charge on any atom is 0.335 e. The van der Waals surface area contributed by atoms with Crippen molar-refractivity contribution >= 4 is 5.97 Å². The first-order valence-electron chi connectivity index (χ1n) is 7.10. The van der Waals surface area contributed by atoms with E-state index in [1.807, 2.05) is 12.1 Å². The second-order valence-corrected chi connectivity index (χ2v) is 4.98. The Balaban J connectivity index is 2.15. The van der Waals surface area contributed by atoms with Crippen molar-refractivity contribution in [1.82, 2.24) is 0 Å². The summed E-state index contributed by atoms with van der Waals surface area (Å²) in [6.45, 7) is 2.18. The molecular formula is C18H20O2. The van der Waals surface area contributed by atoms with Gasteiger partial charge in [0.25, 0.3) is 0 Å². The predicted octanol–water partition coefficient (Wildman–Crippen LogP) is 4.12. The molecule has 0 unspecified atom stereocenters. The van der Waals surface area contributed by atoms with Crippen molar-refractivity contribution in [2.45, 2.75) is 32.6 Å². The van der Waals surface area contributed by atoms with Crippen molar-refractivity contribution in [3.8, 4) is 0 Å². The molecule has 0 saturated heterocycles. The SMILES string of the molecule is CCCc1ccccc1CCc1ccccc1C(=O)O. The van der Waals surface area contributed by atoms with Gasteiger partial charge in [0.15, 0.2) is 0 Å². The van der Waals surface area contributed by atoms with Gasteiger partial charge in [0.05, 0.1) is 5.56 Å². The van der Waals surface area contributed by atoms with E-state index < -0.39 is 5.97 Å². The third-order valence-electron chi connectivity index (χ3n) is 3.55. The molecule has 0 amide bonds. The van der Waals surface area contributed by atoms with Crippen LogP contribution >= 0.6 is 0 Å². The fourth-order valence-corrected chi connectivity index (χ4v) is 2.53. The van der Waals surface area contributed by atoms with Crippen LogP contribution in [0.2, 0.25) is 0 Å². The molecule has 0 aliphatic carbocycles. The highest BCUT2D eigenvalue weighted by molar-refractivity contribution is 5.89. The van der Waals surface area contributed by atoms with Crippen LogP contribution in [0.3, 0.4) is 0 Å². The third kappa shape index (κ3) is 3.47. The van der Waals surface area contributed by atoms with Gasteiger partial charge in [0, 0.05) is 0 Å². The molecule has 0 aliphatic heterocycles. The maximum atomic E-state index is 11.2. The van der Waals surface area contributed by atoms with Crippen molar-refractivity contribution in [2.24, 2.45) is 0 Å². The molecule has 0 atom stereocenters. The van der Waals surface area contributed by atoms with Crippen LogP contribution in [0.1, 0.15) is 40.4 Å². The van der Waals surface area contributed by atoms with Crippen molar-refractivity contribution in [2.75, 3.05) is 0 Å². The van der Waals surface area contributed by atoms with Crippen molar-refractivity contribution in [3.63, 3.8) is 0 Å². The van der Waals surface area contributed by atoms with Gasteiger partial charge in [-0.15, -0.1) is 0 Å². The summed E-state index contributed by atoms with van der Waals surface area (Å²) in [4.78, 5) is 11.2. The van der Waals surface area contributed by atoms with Gasteiger partial charge in [-0.1, -0.05) is 55.8 Å². The van der Waals surface area contributed by atoms with Crippen LogP contribution in [0.4, 0.5) is 0 Å². The standard InChI is InChI=1S/C18H20O2/c1-2-7-14-8-3-4-9-15(14)12-13-16-10-5-6-11-17(16)18(19)20/h3-6,8-11H,2,7,12-13H2,1H3,(H,19,20). The van der Waals surface area contributed by atoms with Crippen LogP contribution in [-0.2, 0) is 19.3 Å². The second-order valence-electron chi connectivity index (χ2n) is 4.98. The van der Waals surface area contributed by atoms with E-state index >= 15 is 0 Å². The zero-order valence-electron chi connectivity index (χ0n) is 11.8. The van der Waals surface area contributed by atoms with Gasteiger partial charge in [0.1, 0.15) is 0 Å². The molecule has 0 spiro atoms. The molecular weight excluding hydrogens is 248 g/mol. The van der Waals surface area contributed by atoms with Gasteiger partial charge in [-0.2, -0.15) is 0 Å². The van der Waals surface area contributed by atoms with E-state index in [1.54, 1.807) is 12.1 Å². The largest absolute Gasteiger partial charge is 0.478 e. The molecule has 0 radical (unpaired) electrons. The first kappa shape index (κ1) is 14.3. The Bertz CT molecular complexity index is 587. The highest BCUT2D eigenvalue weighted by Crippen LogP contribution is 2.16. The normalized spacial score (nSPS) is 10.4. The lowest BCUT2D eigenvalue weighted by Crippen LogP contribution is -2.04. The number of carboxylic acids is 1. The summed E-state index contributed by atoms with van der Waals surface area (Å²) in [5.41, 5.74) is 4.03. The van der Waals surface area contributed by atoms with E-state index in [1.165, 1.54) is 11.1 Å². The number of aryl methyl sites for hydroxylation is 3. The Labute approximate surface area is 120 Å². The van der Waals surface area contributed by atoms with E-state index in [0.29, 0.717) is 5.56 Å². The number of hydrogen-bond acceptors (Lipinski definition) is 1. The lowest BCUT2D eigenvalue weighted by atomic mass is 9.95. The van der Waals surface area contributed by atoms with Gasteiger partial charge in [-0.25, -0.2) is 4.79 Å². The number of benzene rings is 2. The number of carboxylic acid groups (broad SMARTS) is 1. The van der Waals surface area contributed by atoms with E-state index in [0.717, 1.165) is 31.2 Å². The molecule has 0 saturated carbocycles. The monoisotopic (exact) mass is 268 g/mol. The fraction of sp³-hybridized carbons (Fsp3) is 0.278. The van der Waals surface area contributed by atoms with Crippen LogP contribution in [0.15, 0.2) is 48.5 Å². The predicted molar refractivity (Wildman–Crippen MR) is 81.2 cm³/mol. The number of hydrogen-bond donors (Lipinski definition) is 1. The summed E-state index contributed by atoms with van der Waals surface area (Å²) in [7, 11) is 0. The molecule has 0 fully saturated rings. The van der Waals surface area contributed by atoms with Crippen molar-refractivity contribution in [3.05, 3.63) is 70.8 Å². The summed E-state index contributed by atoms with van der Waals surface area (Å²) in [5, 5.41) is 9.20. The van der Waals surface area contributed by atoms with Gasteiger partial charge in [0.2, 0.25) is 0 Å². The molecule has 2 aromatic carbocycles. The maximum absolute atomic E-state index is 11.2. The summed E-state index contributed by atoms with van der Waals surface area (Å²) >= 11 is 0. The van der Waals surface area contributed by atoms with Gasteiger partial charge in [-0.05, 0) is 42.0 Å². The number of rotatable bonds is 6. The summed E-state index contributed by atoms with van der Waals surface area (Å²) in [5.74, 6) is -0.845. The van der Waals surface area contributed by atoms with Crippen LogP contribution < -0.4 is 0 Å². The zero-order valence-corrected chi connectivity index (χ0v) is 11.8. The van der Waals surface area contributed by atoms with E-state index in [2.05, 4.69) is 31.2 Å². The topological polar surface area (TPSA) is 37.3 Å². The molecule has 1 N–H and O–H groups in total. The minimum absolute atomic E-state index is 0.417. The Morgan fingerprint density at radius 1 is 0.850 bits per heavy atom. The number of aromatic carboxylic acids is 1. The van der Waals surface area contributed by atoms with Crippen LogP contribution in [-0.4, -0.2) is 11.1 Å². The Kier molecular flexibility index (Phi) is 4.94. The lowest BCUT2D eigenvalue weighted by molar-refractivity contribution is 0.0695. The quantitative estimate of drug-likeness (QED) is 0.855. The first-order chi connectivity index (χ1) is 9.72. The fourth-order valence-electron chi connectivity index (χ4n) is 2.53. The summed E-state index contributed by atoms with van der Waals surface area (Å²) < 4.78 is 0.